The van der Waals surface area contributed by atoms with Crippen molar-refractivity contribution in [2.75, 3.05) is 47.5 Å². The molecule has 0 saturated heterocycles. The fraction of sp³-hybridized carbons (Fsp3) is 0.803. The molecule has 0 bridgehead atoms. The molecule has 0 aromatic heterocycles. The van der Waals surface area contributed by atoms with Gasteiger partial charge in [0.15, 0.2) is 6.10 Å². The summed E-state index contributed by atoms with van der Waals surface area (Å²) in [5.74, 6) is -1.99. The normalized spacial score (nSPS) is 13.1. The van der Waals surface area contributed by atoms with Crippen molar-refractivity contribution in [2.24, 2.45) is 0 Å². The molecule has 75 heavy (non-hydrogen) atoms. The number of hydrogen-bond donors (Lipinski definition) is 1. The third-order valence-corrected chi connectivity index (χ3v) is 13.8. The number of rotatable bonds is 58. The number of allylic oxidation sites excluding steroid dienone is 10. The van der Waals surface area contributed by atoms with E-state index in [1.54, 1.807) is 0 Å². The first-order chi connectivity index (χ1) is 36.6. The Bertz CT molecular complexity index is 1410. The number of hydrogen-bond acceptors (Lipinski definition) is 7. The molecule has 0 amide bonds. The molecule has 2 unspecified atom stereocenters. The molecular formula is C66H120NO8+. The Hall–Kier alpha value is -3.01. The second kappa shape index (κ2) is 57.2. The molecule has 0 radical (unpaired) electrons. The van der Waals surface area contributed by atoms with Crippen molar-refractivity contribution >= 4 is 17.9 Å². The fourth-order valence-corrected chi connectivity index (χ4v) is 8.98. The number of ether oxygens (including phenoxy) is 4. The summed E-state index contributed by atoms with van der Waals surface area (Å²) in [6.07, 6.45) is 70.3. The van der Waals surface area contributed by atoms with Crippen molar-refractivity contribution in [3.8, 4) is 0 Å². The topological polar surface area (TPSA) is 108 Å². The number of quaternary nitrogens is 1. The van der Waals surface area contributed by atoms with Gasteiger partial charge in [-0.25, -0.2) is 4.79 Å². The highest BCUT2D eigenvalue weighted by Gasteiger charge is 2.25. The van der Waals surface area contributed by atoms with Crippen LogP contribution in [0.15, 0.2) is 60.8 Å². The number of carboxylic acid groups (broad SMARTS) is 1. The summed E-state index contributed by atoms with van der Waals surface area (Å²) in [4.78, 5) is 37.5. The van der Waals surface area contributed by atoms with Gasteiger partial charge in [-0.2, -0.15) is 0 Å². The van der Waals surface area contributed by atoms with E-state index in [0.29, 0.717) is 17.4 Å². The quantitative estimate of drug-likeness (QED) is 0.0211. The second-order valence-corrected chi connectivity index (χ2v) is 22.3. The van der Waals surface area contributed by atoms with E-state index in [4.69, 9.17) is 18.9 Å². The van der Waals surface area contributed by atoms with Crippen LogP contribution in [0.25, 0.3) is 0 Å². The van der Waals surface area contributed by atoms with Crippen molar-refractivity contribution in [2.45, 2.75) is 296 Å². The third kappa shape index (κ3) is 58.5. The lowest BCUT2D eigenvalue weighted by Crippen LogP contribution is -2.40. The molecule has 0 aliphatic rings. The van der Waals surface area contributed by atoms with Gasteiger partial charge in [-0.3, -0.25) is 9.59 Å². The summed E-state index contributed by atoms with van der Waals surface area (Å²) in [7, 11) is 5.98. The Balaban J connectivity index is 4.10. The molecule has 0 saturated carbocycles. The van der Waals surface area contributed by atoms with E-state index in [9.17, 15) is 19.5 Å². The number of nitrogens with zero attached hydrogens (tertiary/aromatic N) is 1. The molecule has 0 rings (SSSR count). The summed E-state index contributed by atoms with van der Waals surface area (Å²) >= 11 is 0. The maximum Gasteiger partial charge on any atom is 0.361 e. The smallest absolute Gasteiger partial charge is 0.361 e. The summed E-state index contributed by atoms with van der Waals surface area (Å²) in [5.41, 5.74) is 0. The first-order valence-electron chi connectivity index (χ1n) is 31.5. The Morgan fingerprint density at radius 3 is 1.13 bits per heavy atom. The minimum atomic E-state index is -1.51. The van der Waals surface area contributed by atoms with E-state index in [2.05, 4.69) is 74.6 Å². The van der Waals surface area contributed by atoms with Gasteiger partial charge < -0.3 is 28.5 Å². The fourth-order valence-electron chi connectivity index (χ4n) is 8.98. The Morgan fingerprint density at radius 1 is 0.413 bits per heavy atom. The average molecular weight is 1060 g/mol. The second-order valence-electron chi connectivity index (χ2n) is 22.3. The van der Waals surface area contributed by atoms with Gasteiger partial charge in [0.25, 0.3) is 6.29 Å². The molecule has 436 valence electrons. The number of carbonyl (C=O) groups is 3. The first-order valence-corrected chi connectivity index (χ1v) is 31.5. The number of carboxylic acids is 1. The van der Waals surface area contributed by atoms with E-state index >= 15 is 0 Å². The number of unbranched alkanes of at least 4 members (excludes halogenated alkanes) is 33. The van der Waals surface area contributed by atoms with Crippen LogP contribution in [0.2, 0.25) is 0 Å². The van der Waals surface area contributed by atoms with Crippen LogP contribution < -0.4 is 0 Å². The molecule has 9 nitrogen and oxygen atoms in total. The molecular weight excluding hydrogens is 935 g/mol. The van der Waals surface area contributed by atoms with Gasteiger partial charge >= 0.3 is 17.9 Å². The van der Waals surface area contributed by atoms with Crippen LogP contribution >= 0.6 is 0 Å². The van der Waals surface area contributed by atoms with Crippen molar-refractivity contribution < 1.29 is 42.9 Å². The standard InChI is InChI=1S/C66H119NO8/c1-6-8-10-12-14-16-18-20-22-24-25-26-27-28-29-30-31-32-33-34-35-36-37-38-39-41-43-45-47-49-51-53-55-57-64(69)75-62(61-74-66(65(70)71)72-59-58-67(3,4)5)60-73-63(68)56-54-52-50-48-46-44-42-40-23-21-19-17-15-13-11-9-7-2/h8,10,14,16,20,22,25-26,28-29,62,66H,6-7,9,11-13,15,17-19,21,23-24,27,30-61H2,1-5H3/p+1/b10-8-,16-14-,22-20-,26-25-,29-28-. The van der Waals surface area contributed by atoms with Gasteiger partial charge in [-0.05, 0) is 57.8 Å². The van der Waals surface area contributed by atoms with Gasteiger partial charge in [0, 0.05) is 12.8 Å². The Labute approximate surface area is 463 Å². The van der Waals surface area contributed by atoms with Crippen molar-refractivity contribution in [3.05, 3.63) is 60.8 Å². The highest BCUT2D eigenvalue weighted by atomic mass is 16.7. The van der Waals surface area contributed by atoms with Crippen LogP contribution in [-0.4, -0.2) is 87.4 Å². The summed E-state index contributed by atoms with van der Waals surface area (Å²) in [5, 5.41) is 9.71. The van der Waals surface area contributed by atoms with Crippen molar-refractivity contribution in [1.29, 1.82) is 0 Å². The summed E-state index contributed by atoms with van der Waals surface area (Å²) in [6, 6.07) is 0. The monoisotopic (exact) mass is 1050 g/mol. The average Bonchev–Trinajstić information content (AvgIpc) is 3.38. The van der Waals surface area contributed by atoms with Crippen LogP contribution in [-0.2, 0) is 33.3 Å². The van der Waals surface area contributed by atoms with Gasteiger partial charge in [0.1, 0.15) is 13.2 Å². The molecule has 0 aromatic rings. The van der Waals surface area contributed by atoms with E-state index in [1.807, 2.05) is 21.1 Å². The largest absolute Gasteiger partial charge is 0.477 e. The molecule has 0 aliphatic heterocycles. The molecule has 0 spiro atoms. The lowest BCUT2D eigenvalue weighted by atomic mass is 10.0. The Morgan fingerprint density at radius 2 is 0.760 bits per heavy atom. The van der Waals surface area contributed by atoms with E-state index in [0.717, 1.165) is 70.6 Å². The molecule has 2 atom stereocenters. The number of likely N-dealkylation sites (N-methyl/N-ethyl adjacent to an activating group) is 1. The van der Waals surface area contributed by atoms with Crippen molar-refractivity contribution in [3.63, 3.8) is 0 Å². The zero-order chi connectivity index (χ0) is 54.8. The zero-order valence-electron chi connectivity index (χ0n) is 49.7. The van der Waals surface area contributed by atoms with E-state index in [1.165, 1.54) is 186 Å². The summed E-state index contributed by atoms with van der Waals surface area (Å²) in [6.45, 7) is 4.80. The molecule has 0 fully saturated rings. The zero-order valence-corrected chi connectivity index (χ0v) is 49.7. The number of carbonyl (C=O) groups excluding carboxylic acids is 2. The van der Waals surface area contributed by atoms with Gasteiger partial charge in [0.2, 0.25) is 0 Å². The van der Waals surface area contributed by atoms with Crippen LogP contribution in [0, 0.1) is 0 Å². The molecule has 9 heteroatoms. The van der Waals surface area contributed by atoms with Gasteiger partial charge in [-0.1, -0.05) is 274 Å². The van der Waals surface area contributed by atoms with Crippen LogP contribution in [0.3, 0.4) is 0 Å². The van der Waals surface area contributed by atoms with E-state index in [-0.39, 0.29) is 32.2 Å². The SMILES string of the molecule is CC/C=C\C/C=C\C/C=C\C/C=C\C/C=C\CCCCCCCCCCCCCCCCCCCC(=O)OC(COC(=O)CCCCCCCCCCCCCCCCCCC)COC(OCC[N+](C)(C)C)C(=O)O. The molecule has 0 heterocycles. The van der Waals surface area contributed by atoms with Crippen LogP contribution in [0.5, 0.6) is 0 Å². The van der Waals surface area contributed by atoms with Crippen LogP contribution in [0.4, 0.5) is 0 Å². The number of esters is 2. The third-order valence-electron chi connectivity index (χ3n) is 13.8. The number of aliphatic carboxylic acids is 1. The van der Waals surface area contributed by atoms with Crippen molar-refractivity contribution in [1.82, 2.24) is 0 Å². The molecule has 1 N–H and O–H groups in total. The maximum absolute atomic E-state index is 12.9. The van der Waals surface area contributed by atoms with Gasteiger partial charge in [-0.15, -0.1) is 0 Å². The molecule has 0 aliphatic carbocycles. The minimum absolute atomic E-state index is 0.178. The predicted octanol–water partition coefficient (Wildman–Crippen LogP) is 18.8. The maximum atomic E-state index is 12.9. The molecule has 0 aromatic carbocycles. The first kappa shape index (κ1) is 72.0. The summed E-state index contributed by atoms with van der Waals surface area (Å²) < 4.78 is 22.9. The Kier molecular flexibility index (Phi) is 54.9. The lowest BCUT2D eigenvalue weighted by Gasteiger charge is -2.25. The van der Waals surface area contributed by atoms with Crippen LogP contribution in [0.1, 0.15) is 284 Å². The minimum Gasteiger partial charge on any atom is -0.477 e. The lowest BCUT2D eigenvalue weighted by molar-refractivity contribution is -0.870. The van der Waals surface area contributed by atoms with Gasteiger partial charge in [0.05, 0.1) is 34.4 Å². The highest BCUT2D eigenvalue weighted by Crippen LogP contribution is 2.17. The highest BCUT2D eigenvalue weighted by molar-refractivity contribution is 5.71. The predicted molar refractivity (Wildman–Crippen MR) is 318 cm³/mol. The van der Waals surface area contributed by atoms with E-state index < -0.39 is 24.3 Å².